The number of likely N-dealkylation sites (tertiary alicyclic amines) is 1. The Kier molecular flexibility index (Phi) is 7.08. The monoisotopic (exact) mass is 475 g/mol. The van der Waals surface area contributed by atoms with Gasteiger partial charge in [-0.3, -0.25) is 9.59 Å². The molecule has 0 radical (unpaired) electrons. The second-order valence-electron chi connectivity index (χ2n) is 8.92. The van der Waals surface area contributed by atoms with Gasteiger partial charge in [-0.15, -0.1) is 0 Å². The molecule has 1 saturated heterocycles. The van der Waals surface area contributed by atoms with Gasteiger partial charge in [-0.1, -0.05) is 97.1 Å². The van der Waals surface area contributed by atoms with Crippen molar-refractivity contribution in [2.24, 2.45) is 0 Å². The van der Waals surface area contributed by atoms with Crippen molar-refractivity contribution in [2.75, 3.05) is 18.0 Å². The van der Waals surface area contributed by atoms with E-state index in [4.69, 9.17) is 0 Å². The van der Waals surface area contributed by atoms with Crippen molar-refractivity contribution >= 4 is 23.2 Å². The quantitative estimate of drug-likeness (QED) is 0.375. The van der Waals surface area contributed by atoms with Gasteiger partial charge in [-0.25, -0.2) is 0 Å². The van der Waals surface area contributed by atoms with Crippen LogP contribution in [0.25, 0.3) is 0 Å². The number of nitrogens with one attached hydrogen (secondary N) is 1. The average molecular weight is 476 g/mol. The first-order chi connectivity index (χ1) is 17.7. The molecule has 0 aliphatic carbocycles. The van der Waals surface area contributed by atoms with E-state index in [0.717, 1.165) is 22.5 Å². The second-order valence-corrected chi connectivity index (χ2v) is 8.92. The minimum absolute atomic E-state index is 0.0490. The summed E-state index contributed by atoms with van der Waals surface area (Å²) in [5.41, 5.74) is 3.96. The number of carbonyl (C=O) groups excluding carboxylic acids is 2. The number of nitrogens with zero attached hydrogens (tertiary/aromatic N) is 2. The largest absolute Gasteiger partial charge is 0.343 e. The highest BCUT2D eigenvalue weighted by molar-refractivity contribution is 5.92. The Labute approximate surface area is 212 Å². The smallest absolute Gasteiger partial charge is 0.246 e. The molecule has 1 N–H and O–H groups in total. The van der Waals surface area contributed by atoms with Gasteiger partial charge in [0.15, 0.2) is 0 Å². The Bertz CT molecular complexity index is 1200. The summed E-state index contributed by atoms with van der Waals surface area (Å²) >= 11 is 0. The summed E-state index contributed by atoms with van der Waals surface area (Å²) in [7, 11) is 0. The van der Waals surface area contributed by atoms with E-state index < -0.39 is 6.04 Å². The van der Waals surface area contributed by atoms with Crippen LogP contribution in [0.15, 0.2) is 121 Å². The summed E-state index contributed by atoms with van der Waals surface area (Å²) < 4.78 is 0. The van der Waals surface area contributed by atoms with Gasteiger partial charge in [0.1, 0.15) is 12.6 Å². The van der Waals surface area contributed by atoms with Gasteiger partial charge in [0.25, 0.3) is 0 Å². The number of benzene rings is 4. The molecule has 5 nitrogen and oxygen atoms in total. The van der Waals surface area contributed by atoms with Crippen molar-refractivity contribution in [3.05, 3.63) is 132 Å². The van der Waals surface area contributed by atoms with Gasteiger partial charge < -0.3 is 15.1 Å². The lowest BCUT2D eigenvalue weighted by Crippen LogP contribution is -2.45. The van der Waals surface area contributed by atoms with Crippen molar-refractivity contribution < 1.29 is 9.59 Å². The minimum Gasteiger partial charge on any atom is -0.343 e. The predicted octanol–water partition coefficient (Wildman–Crippen LogP) is 5.33. The Hall–Kier alpha value is -4.38. The molecule has 5 rings (SSSR count). The maximum absolute atomic E-state index is 13.6. The molecule has 1 aliphatic heterocycles. The van der Waals surface area contributed by atoms with Gasteiger partial charge in [0, 0.05) is 17.9 Å². The van der Waals surface area contributed by atoms with E-state index in [9.17, 15) is 9.59 Å². The van der Waals surface area contributed by atoms with Crippen LogP contribution in [0.2, 0.25) is 0 Å². The molecular formula is C31H29N3O2. The molecule has 5 heteroatoms. The topological polar surface area (TPSA) is 52.7 Å². The molecule has 0 unspecified atom stereocenters. The predicted molar refractivity (Wildman–Crippen MR) is 143 cm³/mol. The molecule has 1 fully saturated rings. The van der Waals surface area contributed by atoms with Crippen molar-refractivity contribution in [3.63, 3.8) is 0 Å². The van der Waals surface area contributed by atoms with Crippen LogP contribution in [0, 0.1) is 0 Å². The average Bonchev–Trinajstić information content (AvgIpc) is 3.29. The van der Waals surface area contributed by atoms with Crippen molar-refractivity contribution in [1.82, 2.24) is 10.2 Å². The molecule has 2 amide bonds. The van der Waals surface area contributed by atoms with E-state index >= 15 is 0 Å². The lowest BCUT2D eigenvalue weighted by Gasteiger charge is -2.29. The molecule has 1 aliphatic rings. The first-order valence-electron chi connectivity index (χ1n) is 12.3. The lowest BCUT2D eigenvalue weighted by molar-refractivity contribution is -0.133. The number of hydrogen-bond donors (Lipinski definition) is 1. The number of hydrogen-bond acceptors (Lipinski definition) is 3. The van der Waals surface area contributed by atoms with Crippen LogP contribution >= 0.6 is 0 Å². The maximum atomic E-state index is 13.6. The number of carbonyl (C=O) groups is 2. The third-order valence-electron chi connectivity index (χ3n) is 6.55. The number of rotatable bonds is 8. The third kappa shape index (κ3) is 5.15. The van der Waals surface area contributed by atoms with Crippen molar-refractivity contribution in [2.45, 2.75) is 18.5 Å². The zero-order valence-electron chi connectivity index (χ0n) is 20.0. The van der Waals surface area contributed by atoms with Crippen molar-refractivity contribution in [1.29, 1.82) is 0 Å². The molecule has 0 aromatic heterocycles. The van der Waals surface area contributed by atoms with Gasteiger partial charge in [-0.2, -0.15) is 0 Å². The number of para-hydroxylation sites is 2. The second kappa shape index (κ2) is 10.9. The van der Waals surface area contributed by atoms with Crippen LogP contribution in [0.3, 0.4) is 0 Å². The van der Waals surface area contributed by atoms with Gasteiger partial charge in [0.2, 0.25) is 11.8 Å². The minimum atomic E-state index is -0.541. The van der Waals surface area contributed by atoms with E-state index in [0.29, 0.717) is 13.0 Å². The lowest BCUT2D eigenvalue weighted by atomic mass is 9.97. The Morgan fingerprint density at radius 1 is 0.750 bits per heavy atom. The Morgan fingerprint density at radius 2 is 1.19 bits per heavy atom. The molecule has 1 heterocycles. The van der Waals surface area contributed by atoms with Gasteiger partial charge in [-0.05, 0) is 41.8 Å². The summed E-state index contributed by atoms with van der Waals surface area (Å²) in [6.07, 6.45) is 0.581. The first-order valence-corrected chi connectivity index (χ1v) is 12.3. The number of anilines is 2. The molecule has 0 bridgehead atoms. The fraction of sp³-hybridized carbons (Fsp3) is 0.161. The third-order valence-corrected chi connectivity index (χ3v) is 6.55. The highest BCUT2D eigenvalue weighted by Gasteiger charge is 2.38. The van der Waals surface area contributed by atoms with E-state index in [1.54, 1.807) is 0 Å². The maximum Gasteiger partial charge on any atom is 0.246 e. The van der Waals surface area contributed by atoms with E-state index in [-0.39, 0.29) is 24.4 Å². The zero-order valence-corrected chi connectivity index (χ0v) is 20.0. The fourth-order valence-electron chi connectivity index (χ4n) is 4.85. The molecule has 36 heavy (non-hydrogen) atoms. The summed E-state index contributed by atoms with van der Waals surface area (Å²) in [5, 5.41) is 3.01. The Morgan fingerprint density at radius 3 is 1.67 bits per heavy atom. The van der Waals surface area contributed by atoms with Gasteiger partial charge in [0.05, 0.1) is 6.04 Å². The van der Waals surface area contributed by atoms with Crippen LogP contribution in [0.4, 0.5) is 11.4 Å². The van der Waals surface area contributed by atoms with Crippen LogP contribution in [-0.2, 0) is 9.59 Å². The molecule has 4 aromatic carbocycles. The van der Waals surface area contributed by atoms with E-state index in [1.165, 1.54) is 0 Å². The van der Waals surface area contributed by atoms with Crippen LogP contribution in [0.1, 0.15) is 23.6 Å². The first kappa shape index (κ1) is 23.4. The molecule has 180 valence electrons. The summed E-state index contributed by atoms with van der Waals surface area (Å²) in [4.78, 5) is 30.6. The Balaban J connectivity index is 1.33. The summed E-state index contributed by atoms with van der Waals surface area (Å²) in [6, 6.07) is 39.0. The summed E-state index contributed by atoms with van der Waals surface area (Å²) in [5.74, 6) is -0.231. The fourth-order valence-corrected chi connectivity index (χ4v) is 4.85. The van der Waals surface area contributed by atoms with Crippen LogP contribution in [0.5, 0.6) is 0 Å². The SMILES string of the molecule is O=C(CN(c1ccccc1)c1ccccc1)N[C@H]1CCN(C(c2ccccc2)c2ccccc2)C1=O. The van der Waals surface area contributed by atoms with Crippen LogP contribution < -0.4 is 10.2 Å². The molecule has 1 atom stereocenters. The zero-order chi connectivity index (χ0) is 24.7. The standard InChI is InChI=1S/C31H29N3O2/c35-29(23-34(26-17-9-3-10-18-26)27-19-11-4-12-20-27)32-28-21-22-33(31(28)36)30(24-13-5-1-6-14-24)25-15-7-2-8-16-25/h1-20,28,30H,21-23H2,(H,32,35)/t28-/m0/s1. The van der Waals surface area contributed by atoms with Gasteiger partial charge >= 0.3 is 0 Å². The van der Waals surface area contributed by atoms with E-state index in [1.807, 2.05) is 107 Å². The highest BCUT2D eigenvalue weighted by atomic mass is 16.2. The molecule has 0 spiro atoms. The highest BCUT2D eigenvalue weighted by Crippen LogP contribution is 2.32. The van der Waals surface area contributed by atoms with Crippen molar-refractivity contribution in [3.8, 4) is 0 Å². The van der Waals surface area contributed by atoms with E-state index in [2.05, 4.69) is 29.6 Å². The summed E-state index contributed by atoms with van der Waals surface area (Å²) in [6.45, 7) is 0.706. The number of amides is 2. The normalized spacial score (nSPS) is 15.2. The van der Waals surface area contributed by atoms with Crippen LogP contribution in [-0.4, -0.2) is 35.8 Å². The molecular weight excluding hydrogens is 446 g/mol. The molecule has 4 aromatic rings. The molecule has 0 saturated carbocycles.